The Kier molecular flexibility index (Phi) is 10.1. The molecule has 1 N–H and O–H groups in total. The lowest BCUT2D eigenvalue weighted by Gasteiger charge is -2.29. The van der Waals surface area contributed by atoms with Gasteiger partial charge in [-0.05, 0) is 55.2 Å². The van der Waals surface area contributed by atoms with Gasteiger partial charge in [-0.2, -0.15) is 0 Å². The van der Waals surface area contributed by atoms with Gasteiger partial charge in [0.1, 0.15) is 6.04 Å². The summed E-state index contributed by atoms with van der Waals surface area (Å²) in [6.45, 7) is 4.52. The summed E-state index contributed by atoms with van der Waals surface area (Å²) in [5.74, 6) is 0.916. The molecular formula is C24H30Cl2N2O4. The van der Waals surface area contributed by atoms with Crippen LogP contribution in [0, 0.1) is 0 Å². The number of rotatable bonds is 11. The van der Waals surface area contributed by atoms with E-state index >= 15 is 0 Å². The van der Waals surface area contributed by atoms with Gasteiger partial charge in [-0.1, -0.05) is 42.3 Å². The summed E-state index contributed by atoms with van der Waals surface area (Å²) in [5, 5.41) is 3.71. The third-order valence-corrected chi connectivity index (χ3v) is 5.87. The zero-order valence-electron chi connectivity index (χ0n) is 18.9. The van der Waals surface area contributed by atoms with Crippen LogP contribution in [0.3, 0.4) is 0 Å². The summed E-state index contributed by atoms with van der Waals surface area (Å²) in [7, 11) is 3.15. The molecule has 2 rings (SSSR count). The Balaban J connectivity index is 2.18. The van der Waals surface area contributed by atoms with Crippen molar-refractivity contribution in [2.45, 2.75) is 45.7 Å². The second kappa shape index (κ2) is 12.6. The van der Waals surface area contributed by atoms with E-state index in [-0.39, 0.29) is 24.8 Å². The van der Waals surface area contributed by atoms with Crippen molar-refractivity contribution in [3.63, 3.8) is 0 Å². The Morgan fingerprint density at radius 1 is 1.00 bits per heavy atom. The van der Waals surface area contributed by atoms with Gasteiger partial charge in [0.25, 0.3) is 0 Å². The topological polar surface area (TPSA) is 67.9 Å². The zero-order valence-corrected chi connectivity index (χ0v) is 20.4. The molecule has 0 bridgehead atoms. The maximum Gasteiger partial charge on any atom is 0.242 e. The zero-order chi connectivity index (χ0) is 23.7. The normalized spacial score (nSPS) is 11.6. The van der Waals surface area contributed by atoms with Gasteiger partial charge in [0.15, 0.2) is 11.5 Å². The number of hydrogen-bond donors (Lipinski definition) is 1. The summed E-state index contributed by atoms with van der Waals surface area (Å²) in [5.41, 5.74) is 1.74. The summed E-state index contributed by atoms with van der Waals surface area (Å²) >= 11 is 12.2. The first kappa shape index (κ1) is 25.8. The van der Waals surface area contributed by atoms with E-state index in [0.717, 1.165) is 17.5 Å². The molecule has 0 aliphatic carbocycles. The molecule has 174 valence electrons. The maximum atomic E-state index is 13.2. The van der Waals surface area contributed by atoms with Crippen molar-refractivity contribution in [2.24, 2.45) is 0 Å². The molecule has 0 aliphatic rings. The quantitative estimate of drug-likeness (QED) is 0.497. The molecule has 0 fully saturated rings. The third-order valence-electron chi connectivity index (χ3n) is 5.13. The van der Waals surface area contributed by atoms with Crippen molar-refractivity contribution in [1.82, 2.24) is 10.2 Å². The Labute approximate surface area is 199 Å². The Morgan fingerprint density at radius 3 is 2.31 bits per heavy atom. The van der Waals surface area contributed by atoms with Crippen LogP contribution in [0.1, 0.15) is 37.8 Å². The average molecular weight is 481 g/mol. The highest BCUT2D eigenvalue weighted by Gasteiger charge is 2.26. The molecule has 6 nitrogen and oxygen atoms in total. The van der Waals surface area contributed by atoms with Crippen LogP contribution in [-0.2, 0) is 22.6 Å². The summed E-state index contributed by atoms with van der Waals surface area (Å²) < 4.78 is 10.6. The fourth-order valence-corrected chi connectivity index (χ4v) is 3.56. The van der Waals surface area contributed by atoms with E-state index in [0.29, 0.717) is 34.5 Å². The van der Waals surface area contributed by atoms with Crippen LogP contribution >= 0.6 is 23.2 Å². The van der Waals surface area contributed by atoms with Crippen molar-refractivity contribution in [1.29, 1.82) is 0 Å². The minimum absolute atomic E-state index is 0.134. The standard InChI is InChI=1S/C24H30Cl2N2O4/c1-5-12-27-24(30)16(2)28(15-18-6-9-19(25)20(26)13-18)23(29)11-8-17-7-10-21(31-3)22(14-17)32-4/h6-7,9-10,13-14,16H,5,8,11-12,15H2,1-4H3,(H,27,30). The van der Waals surface area contributed by atoms with Crippen LogP contribution in [-0.4, -0.2) is 43.5 Å². The van der Waals surface area contributed by atoms with Crippen LogP contribution in [0.25, 0.3) is 0 Å². The minimum Gasteiger partial charge on any atom is -0.493 e. The molecule has 1 atom stereocenters. The molecule has 0 saturated heterocycles. The number of methoxy groups -OCH3 is 2. The number of carbonyl (C=O) groups excluding carboxylic acids is 2. The molecule has 32 heavy (non-hydrogen) atoms. The van der Waals surface area contributed by atoms with Gasteiger partial charge in [0, 0.05) is 19.5 Å². The highest BCUT2D eigenvalue weighted by atomic mass is 35.5. The van der Waals surface area contributed by atoms with Crippen LogP contribution in [0.5, 0.6) is 11.5 Å². The number of nitrogens with one attached hydrogen (secondary N) is 1. The number of ether oxygens (including phenoxy) is 2. The monoisotopic (exact) mass is 480 g/mol. The van der Waals surface area contributed by atoms with Crippen LogP contribution in [0.4, 0.5) is 0 Å². The fourth-order valence-electron chi connectivity index (χ4n) is 3.24. The molecular weight excluding hydrogens is 451 g/mol. The number of benzene rings is 2. The first-order valence-corrected chi connectivity index (χ1v) is 11.3. The summed E-state index contributed by atoms with van der Waals surface area (Å²) in [6.07, 6.45) is 1.56. The van der Waals surface area contributed by atoms with Gasteiger partial charge in [-0.3, -0.25) is 9.59 Å². The highest BCUT2D eigenvalue weighted by molar-refractivity contribution is 6.42. The maximum absolute atomic E-state index is 13.2. The van der Waals surface area contributed by atoms with Crippen LogP contribution < -0.4 is 14.8 Å². The van der Waals surface area contributed by atoms with E-state index in [4.69, 9.17) is 32.7 Å². The van der Waals surface area contributed by atoms with Crippen molar-refractivity contribution < 1.29 is 19.1 Å². The fraction of sp³-hybridized carbons (Fsp3) is 0.417. The van der Waals surface area contributed by atoms with Gasteiger partial charge in [-0.25, -0.2) is 0 Å². The minimum atomic E-state index is -0.631. The summed E-state index contributed by atoms with van der Waals surface area (Å²) in [6, 6.07) is 10.1. The van der Waals surface area contributed by atoms with E-state index in [9.17, 15) is 9.59 Å². The Bertz CT molecular complexity index is 936. The number of aryl methyl sites for hydroxylation is 1. The second-order valence-corrected chi connectivity index (χ2v) is 8.24. The molecule has 2 aromatic rings. The molecule has 8 heteroatoms. The van der Waals surface area contributed by atoms with Crippen LogP contribution in [0.2, 0.25) is 10.0 Å². The molecule has 0 heterocycles. The number of amides is 2. The predicted molar refractivity (Wildman–Crippen MR) is 128 cm³/mol. The van der Waals surface area contributed by atoms with E-state index in [1.807, 2.05) is 25.1 Å². The van der Waals surface area contributed by atoms with Gasteiger partial charge in [0.05, 0.1) is 24.3 Å². The Morgan fingerprint density at radius 2 is 1.69 bits per heavy atom. The molecule has 2 aromatic carbocycles. The summed E-state index contributed by atoms with van der Waals surface area (Å²) in [4.78, 5) is 27.4. The number of hydrogen-bond acceptors (Lipinski definition) is 4. The molecule has 2 amide bonds. The van der Waals surface area contributed by atoms with Gasteiger partial charge in [0.2, 0.25) is 11.8 Å². The third kappa shape index (κ3) is 7.04. The van der Waals surface area contributed by atoms with Crippen molar-refractivity contribution >= 4 is 35.0 Å². The first-order valence-electron chi connectivity index (χ1n) is 10.5. The van der Waals surface area contributed by atoms with E-state index in [1.165, 1.54) is 0 Å². The number of halogens is 2. The molecule has 0 aliphatic heterocycles. The number of nitrogens with zero attached hydrogens (tertiary/aromatic N) is 1. The molecule has 1 unspecified atom stereocenters. The van der Waals surface area contributed by atoms with Gasteiger partial charge >= 0.3 is 0 Å². The van der Waals surface area contributed by atoms with E-state index in [1.54, 1.807) is 44.2 Å². The molecule has 0 aromatic heterocycles. The van der Waals surface area contributed by atoms with Crippen molar-refractivity contribution in [2.75, 3.05) is 20.8 Å². The molecule has 0 radical (unpaired) electrons. The van der Waals surface area contributed by atoms with E-state index < -0.39 is 6.04 Å². The highest BCUT2D eigenvalue weighted by Crippen LogP contribution is 2.28. The lowest BCUT2D eigenvalue weighted by atomic mass is 10.1. The van der Waals surface area contributed by atoms with Crippen molar-refractivity contribution in [3.05, 3.63) is 57.6 Å². The smallest absolute Gasteiger partial charge is 0.242 e. The SMILES string of the molecule is CCCNC(=O)C(C)N(Cc1ccc(Cl)c(Cl)c1)C(=O)CCc1ccc(OC)c(OC)c1. The average Bonchev–Trinajstić information content (AvgIpc) is 2.80. The lowest BCUT2D eigenvalue weighted by Crippen LogP contribution is -2.47. The molecule has 0 saturated carbocycles. The predicted octanol–water partition coefficient (Wildman–Crippen LogP) is 4.89. The van der Waals surface area contributed by atoms with Crippen LogP contribution in [0.15, 0.2) is 36.4 Å². The molecule has 0 spiro atoms. The lowest BCUT2D eigenvalue weighted by molar-refractivity contribution is -0.140. The Hall–Kier alpha value is -2.44. The van der Waals surface area contributed by atoms with Gasteiger partial charge < -0.3 is 19.7 Å². The second-order valence-electron chi connectivity index (χ2n) is 7.43. The first-order chi connectivity index (χ1) is 15.3. The van der Waals surface area contributed by atoms with E-state index in [2.05, 4.69) is 5.32 Å². The van der Waals surface area contributed by atoms with Gasteiger partial charge in [-0.15, -0.1) is 0 Å². The number of carbonyl (C=O) groups is 2. The van der Waals surface area contributed by atoms with Crippen molar-refractivity contribution in [3.8, 4) is 11.5 Å². The largest absolute Gasteiger partial charge is 0.493 e.